The van der Waals surface area contributed by atoms with Crippen LogP contribution < -0.4 is 15.5 Å². The fourth-order valence-corrected chi connectivity index (χ4v) is 2.82. The smallest absolute Gasteiger partial charge is 0.239 e. The fourth-order valence-electron chi connectivity index (χ4n) is 2.41. The molecule has 2 aliphatic carbocycles. The molecule has 2 fully saturated rings. The first kappa shape index (κ1) is 14.9. The molecule has 0 heterocycles. The third-order valence-corrected chi connectivity index (χ3v) is 4.43. The van der Waals surface area contributed by atoms with Crippen molar-refractivity contribution in [3.63, 3.8) is 0 Å². The number of benzene rings is 1. The first-order valence-electron chi connectivity index (χ1n) is 7.64. The Bertz CT molecular complexity index is 526. The summed E-state index contributed by atoms with van der Waals surface area (Å²) in [6, 6.07) is 7.36. The Hall–Kier alpha value is -1.07. The standard InChI is InChI=1S/C16H22BrN3O/c1-20(10-16(21)19-14-5-6-14)15-7-2-12(17)8-11(15)9-18-13-3-4-13/h2,7-8,13-14,18H,3-6,9-10H2,1H3,(H,19,21). The molecule has 114 valence electrons. The van der Waals surface area contributed by atoms with Crippen molar-refractivity contribution in [2.45, 2.75) is 44.3 Å². The minimum Gasteiger partial charge on any atom is -0.365 e. The summed E-state index contributed by atoms with van der Waals surface area (Å²) in [6.07, 6.45) is 4.82. The topological polar surface area (TPSA) is 44.4 Å². The predicted octanol–water partition coefficient (Wildman–Crippen LogP) is 2.42. The largest absolute Gasteiger partial charge is 0.365 e. The summed E-state index contributed by atoms with van der Waals surface area (Å²) in [6.45, 7) is 1.27. The molecule has 3 rings (SSSR count). The molecule has 4 nitrogen and oxygen atoms in total. The number of hydrogen-bond donors (Lipinski definition) is 2. The highest BCUT2D eigenvalue weighted by atomic mass is 79.9. The summed E-state index contributed by atoms with van der Waals surface area (Å²) in [5, 5.41) is 6.58. The number of amides is 1. The highest BCUT2D eigenvalue weighted by molar-refractivity contribution is 9.10. The zero-order valence-corrected chi connectivity index (χ0v) is 13.9. The van der Waals surface area contributed by atoms with E-state index >= 15 is 0 Å². The molecule has 21 heavy (non-hydrogen) atoms. The molecule has 1 aromatic rings. The molecule has 1 aromatic carbocycles. The second kappa shape index (κ2) is 6.36. The van der Waals surface area contributed by atoms with Crippen LogP contribution in [0.15, 0.2) is 22.7 Å². The van der Waals surface area contributed by atoms with Gasteiger partial charge in [0.2, 0.25) is 5.91 Å². The number of nitrogens with one attached hydrogen (secondary N) is 2. The Balaban J connectivity index is 1.64. The second-order valence-electron chi connectivity index (χ2n) is 6.13. The van der Waals surface area contributed by atoms with E-state index in [1.165, 1.54) is 18.4 Å². The van der Waals surface area contributed by atoms with Crippen LogP contribution in [0.4, 0.5) is 5.69 Å². The molecular formula is C16H22BrN3O. The van der Waals surface area contributed by atoms with E-state index in [0.29, 0.717) is 18.6 Å². The van der Waals surface area contributed by atoms with Crippen molar-refractivity contribution in [3.05, 3.63) is 28.2 Å². The molecule has 0 unspecified atom stereocenters. The molecule has 0 aliphatic heterocycles. The average Bonchev–Trinajstić information content (AvgIpc) is 3.31. The second-order valence-corrected chi connectivity index (χ2v) is 7.04. The first-order valence-corrected chi connectivity index (χ1v) is 8.43. The predicted molar refractivity (Wildman–Crippen MR) is 88.4 cm³/mol. The third kappa shape index (κ3) is 4.45. The summed E-state index contributed by atoms with van der Waals surface area (Å²) in [4.78, 5) is 14.0. The van der Waals surface area contributed by atoms with Gasteiger partial charge in [0.05, 0.1) is 6.54 Å². The minimum atomic E-state index is 0.115. The summed E-state index contributed by atoms with van der Waals surface area (Å²) in [5.74, 6) is 0.115. The van der Waals surface area contributed by atoms with Crippen LogP contribution in [0.25, 0.3) is 0 Å². The zero-order chi connectivity index (χ0) is 14.8. The average molecular weight is 352 g/mol. The summed E-state index contributed by atoms with van der Waals surface area (Å²) >= 11 is 3.53. The lowest BCUT2D eigenvalue weighted by Gasteiger charge is -2.22. The maximum atomic E-state index is 12.0. The number of anilines is 1. The van der Waals surface area contributed by atoms with E-state index in [9.17, 15) is 4.79 Å². The lowest BCUT2D eigenvalue weighted by Crippen LogP contribution is -2.36. The SMILES string of the molecule is CN(CC(=O)NC1CC1)c1ccc(Br)cc1CNC1CC1. The van der Waals surface area contributed by atoms with Crippen LogP contribution in [-0.2, 0) is 11.3 Å². The van der Waals surface area contributed by atoms with Crippen LogP contribution in [0.1, 0.15) is 31.2 Å². The quantitative estimate of drug-likeness (QED) is 0.792. The van der Waals surface area contributed by atoms with Gasteiger partial charge in [0.1, 0.15) is 0 Å². The van der Waals surface area contributed by atoms with Crippen LogP contribution >= 0.6 is 15.9 Å². The van der Waals surface area contributed by atoms with Gasteiger partial charge in [-0.2, -0.15) is 0 Å². The van der Waals surface area contributed by atoms with E-state index < -0.39 is 0 Å². The summed E-state index contributed by atoms with van der Waals surface area (Å²) < 4.78 is 1.08. The summed E-state index contributed by atoms with van der Waals surface area (Å²) in [7, 11) is 1.98. The number of likely N-dealkylation sites (N-methyl/N-ethyl adjacent to an activating group) is 1. The van der Waals surface area contributed by atoms with Crippen LogP contribution in [0.3, 0.4) is 0 Å². The van der Waals surface area contributed by atoms with Crippen molar-refractivity contribution in [3.8, 4) is 0 Å². The van der Waals surface area contributed by atoms with E-state index in [-0.39, 0.29) is 5.91 Å². The highest BCUT2D eigenvalue weighted by Gasteiger charge is 2.24. The number of carbonyl (C=O) groups excluding carboxylic acids is 1. The van der Waals surface area contributed by atoms with E-state index in [4.69, 9.17) is 0 Å². The van der Waals surface area contributed by atoms with Crippen molar-refractivity contribution in [1.29, 1.82) is 0 Å². The number of hydrogen-bond acceptors (Lipinski definition) is 3. The zero-order valence-electron chi connectivity index (χ0n) is 12.4. The van der Waals surface area contributed by atoms with Crippen LogP contribution in [0, 0.1) is 0 Å². The molecule has 0 saturated heterocycles. The Morgan fingerprint density at radius 2 is 2.00 bits per heavy atom. The normalized spacial score (nSPS) is 17.6. The molecule has 0 spiro atoms. The Morgan fingerprint density at radius 1 is 1.29 bits per heavy atom. The van der Waals surface area contributed by atoms with Crippen molar-refractivity contribution in [2.75, 3.05) is 18.5 Å². The minimum absolute atomic E-state index is 0.115. The first-order chi connectivity index (χ1) is 10.1. The maximum absolute atomic E-state index is 12.0. The highest BCUT2D eigenvalue weighted by Crippen LogP contribution is 2.26. The Morgan fingerprint density at radius 3 is 2.67 bits per heavy atom. The van der Waals surface area contributed by atoms with Gasteiger partial charge in [0, 0.05) is 35.8 Å². The van der Waals surface area contributed by atoms with E-state index in [2.05, 4.69) is 38.7 Å². The van der Waals surface area contributed by atoms with Gasteiger partial charge in [-0.3, -0.25) is 4.79 Å². The molecule has 0 bridgehead atoms. The van der Waals surface area contributed by atoms with Gasteiger partial charge in [0.25, 0.3) is 0 Å². The van der Waals surface area contributed by atoms with Crippen LogP contribution in [0.5, 0.6) is 0 Å². The van der Waals surface area contributed by atoms with Crippen LogP contribution in [-0.4, -0.2) is 31.6 Å². The molecule has 2 saturated carbocycles. The third-order valence-electron chi connectivity index (χ3n) is 3.93. The Labute approximate surface area is 134 Å². The molecular weight excluding hydrogens is 330 g/mol. The molecule has 0 aromatic heterocycles. The fraction of sp³-hybridized carbons (Fsp3) is 0.562. The molecule has 2 N–H and O–H groups in total. The molecule has 2 aliphatic rings. The van der Waals surface area contributed by atoms with Gasteiger partial charge in [-0.05, 0) is 49.4 Å². The van der Waals surface area contributed by atoms with Gasteiger partial charge in [-0.25, -0.2) is 0 Å². The van der Waals surface area contributed by atoms with Gasteiger partial charge in [0.15, 0.2) is 0 Å². The van der Waals surface area contributed by atoms with Gasteiger partial charge in [-0.15, -0.1) is 0 Å². The molecule has 5 heteroatoms. The number of halogens is 1. The van der Waals surface area contributed by atoms with Gasteiger partial charge >= 0.3 is 0 Å². The lowest BCUT2D eigenvalue weighted by atomic mass is 10.1. The number of nitrogens with zero attached hydrogens (tertiary/aromatic N) is 1. The maximum Gasteiger partial charge on any atom is 0.239 e. The molecule has 1 amide bonds. The van der Waals surface area contributed by atoms with E-state index in [1.54, 1.807) is 0 Å². The number of rotatable bonds is 7. The van der Waals surface area contributed by atoms with Gasteiger partial charge < -0.3 is 15.5 Å². The van der Waals surface area contributed by atoms with Gasteiger partial charge in [-0.1, -0.05) is 15.9 Å². The van der Waals surface area contributed by atoms with Crippen molar-refractivity contribution in [2.24, 2.45) is 0 Å². The Kier molecular flexibility index (Phi) is 4.50. The monoisotopic (exact) mass is 351 g/mol. The molecule has 0 atom stereocenters. The van der Waals surface area contributed by atoms with Crippen molar-refractivity contribution < 1.29 is 4.79 Å². The molecule has 0 radical (unpaired) electrons. The summed E-state index contributed by atoms with van der Waals surface area (Å²) in [5.41, 5.74) is 2.36. The van der Waals surface area contributed by atoms with Crippen molar-refractivity contribution in [1.82, 2.24) is 10.6 Å². The van der Waals surface area contributed by atoms with Crippen molar-refractivity contribution >= 4 is 27.5 Å². The van der Waals surface area contributed by atoms with Crippen LogP contribution in [0.2, 0.25) is 0 Å². The van der Waals surface area contributed by atoms with E-state index in [1.807, 2.05) is 18.0 Å². The van der Waals surface area contributed by atoms with E-state index in [0.717, 1.165) is 29.5 Å². The number of carbonyl (C=O) groups is 1. The lowest BCUT2D eigenvalue weighted by molar-refractivity contribution is -0.119.